The lowest BCUT2D eigenvalue weighted by molar-refractivity contribution is 0.174. The summed E-state index contributed by atoms with van der Waals surface area (Å²) in [4.78, 5) is 0. The first-order valence-corrected chi connectivity index (χ1v) is 6.01. The molecular weight excluding hydrogens is 260 g/mol. The van der Waals surface area contributed by atoms with Gasteiger partial charge < -0.3 is 14.6 Å². The van der Waals surface area contributed by atoms with Crippen LogP contribution in [0.2, 0.25) is 5.02 Å². The van der Waals surface area contributed by atoms with Gasteiger partial charge in [0, 0.05) is 5.56 Å². The Morgan fingerprint density at radius 3 is 2.69 bits per heavy atom. The molecule has 1 atom stereocenters. The molecule has 0 bridgehead atoms. The summed E-state index contributed by atoms with van der Waals surface area (Å²) >= 11 is 5.78. The Hall–Kier alpha value is -1.02. The second-order valence-corrected chi connectivity index (χ2v) is 4.99. The average molecular weight is 267 g/mol. The van der Waals surface area contributed by atoms with Gasteiger partial charge in [0.25, 0.3) is 10.1 Å². The maximum Gasteiger partial charge on any atom is 0.296 e. The molecule has 1 aromatic carbocycles. The van der Waals surface area contributed by atoms with Gasteiger partial charge in [0.15, 0.2) is 11.5 Å². The Balaban J connectivity index is 2.49. The van der Waals surface area contributed by atoms with Crippen molar-refractivity contribution in [2.45, 2.75) is 5.44 Å². The van der Waals surface area contributed by atoms with Gasteiger partial charge >= 0.3 is 0 Å². The van der Waals surface area contributed by atoms with E-state index in [9.17, 15) is 13.5 Å². The van der Waals surface area contributed by atoms with E-state index >= 15 is 0 Å². The molecule has 6 nitrogen and oxygen atoms in total. The molecule has 0 saturated carbocycles. The molecule has 1 aliphatic heterocycles. The summed E-state index contributed by atoms with van der Waals surface area (Å²) in [6, 6.07) is 2.43. The van der Waals surface area contributed by atoms with Crippen molar-refractivity contribution in [3.05, 3.63) is 22.7 Å². The molecule has 0 radical (unpaired) electrons. The summed E-state index contributed by atoms with van der Waals surface area (Å²) in [6.45, 7) is -0.0273. The number of aliphatic hydroxyl groups is 1. The summed E-state index contributed by atoms with van der Waals surface area (Å²) in [5, 5.41) is 9.42. The van der Waals surface area contributed by atoms with E-state index in [0.717, 1.165) is 0 Å². The second kappa shape index (κ2) is 3.77. The molecule has 2 rings (SSSR count). The van der Waals surface area contributed by atoms with Gasteiger partial charge in [-0.1, -0.05) is 11.6 Å². The van der Waals surface area contributed by atoms with Crippen LogP contribution in [0.3, 0.4) is 0 Å². The Bertz CT molecular complexity index is 526. The van der Waals surface area contributed by atoms with Crippen molar-refractivity contribution in [2.24, 2.45) is 0 Å². The quantitative estimate of drug-likeness (QED) is 0.774. The first kappa shape index (κ1) is 11.5. The third-order valence-electron chi connectivity index (χ3n) is 2.02. The highest BCUT2D eigenvalue weighted by molar-refractivity contribution is 7.85. The van der Waals surface area contributed by atoms with Crippen molar-refractivity contribution < 1.29 is 27.6 Å². The molecule has 1 heterocycles. The van der Waals surface area contributed by atoms with Crippen molar-refractivity contribution >= 4 is 21.7 Å². The van der Waals surface area contributed by atoms with Crippen LogP contribution in [0.5, 0.6) is 11.5 Å². The highest BCUT2D eigenvalue weighted by atomic mass is 35.5. The number of benzene rings is 1. The molecule has 0 aromatic heterocycles. The topological polar surface area (TPSA) is 93.1 Å². The first-order chi connectivity index (χ1) is 7.39. The molecular formula is C8H7ClO6S. The van der Waals surface area contributed by atoms with Crippen LogP contribution in [-0.2, 0) is 10.1 Å². The largest absolute Gasteiger partial charge is 0.454 e. The maximum atomic E-state index is 10.7. The van der Waals surface area contributed by atoms with Gasteiger partial charge in [0.1, 0.15) is 0 Å². The van der Waals surface area contributed by atoms with Gasteiger partial charge in [0.2, 0.25) is 12.2 Å². The number of halogens is 1. The van der Waals surface area contributed by atoms with Gasteiger partial charge in [-0.05, 0) is 12.1 Å². The van der Waals surface area contributed by atoms with Crippen molar-refractivity contribution in [3.63, 3.8) is 0 Å². The summed E-state index contributed by atoms with van der Waals surface area (Å²) < 4.78 is 40.1. The Morgan fingerprint density at radius 2 is 2.06 bits per heavy atom. The minimum atomic E-state index is -4.59. The predicted molar refractivity (Wildman–Crippen MR) is 54.1 cm³/mol. The Labute approximate surface area is 96.1 Å². The van der Waals surface area contributed by atoms with Gasteiger partial charge in [-0.2, -0.15) is 8.42 Å². The smallest absolute Gasteiger partial charge is 0.296 e. The van der Waals surface area contributed by atoms with E-state index in [-0.39, 0.29) is 28.9 Å². The number of fused-ring (bicyclic) bond motifs is 1. The number of rotatable bonds is 2. The summed E-state index contributed by atoms with van der Waals surface area (Å²) in [5.74, 6) is 0.512. The SMILES string of the molecule is O=S(=O)(O)C(O)c1cc(Cl)c2c(c1)OCO2. The van der Waals surface area contributed by atoms with Crippen molar-refractivity contribution in [2.75, 3.05) is 6.79 Å². The Kier molecular flexibility index (Phi) is 2.70. The third-order valence-corrected chi connectivity index (χ3v) is 3.13. The van der Waals surface area contributed by atoms with Gasteiger partial charge in [-0.3, -0.25) is 4.55 Å². The molecule has 0 saturated heterocycles. The molecule has 0 spiro atoms. The molecule has 1 unspecified atom stereocenters. The zero-order chi connectivity index (χ0) is 11.9. The molecule has 0 amide bonds. The number of aliphatic hydroxyl groups excluding tert-OH is 1. The van der Waals surface area contributed by atoms with E-state index in [0.29, 0.717) is 0 Å². The number of ether oxygens (including phenoxy) is 2. The van der Waals surface area contributed by atoms with Crippen LogP contribution in [0.4, 0.5) is 0 Å². The lowest BCUT2D eigenvalue weighted by Crippen LogP contribution is -2.11. The van der Waals surface area contributed by atoms with Crippen LogP contribution >= 0.6 is 11.6 Å². The van der Waals surface area contributed by atoms with Crippen LogP contribution in [0.1, 0.15) is 11.0 Å². The summed E-state index contributed by atoms with van der Waals surface area (Å²) in [5.41, 5.74) is -2.14. The van der Waals surface area contributed by atoms with E-state index in [1.807, 2.05) is 0 Å². The van der Waals surface area contributed by atoms with Crippen LogP contribution in [-0.4, -0.2) is 24.9 Å². The lowest BCUT2D eigenvalue weighted by atomic mass is 10.2. The minimum Gasteiger partial charge on any atom is -0.454 e. The van der Waals surface area contributed by atoms with Crippen LogP contribution in [0.15, 0.2) is 12.1 Å². The van der Waals surface area contributed by atoms with E-state index in [2.05, 4.69) is 0 Å². The fraction of sp³-hybridized carbons (Fsp3) is 0.250. The molecule has 0 aliphatic carbocycles. The molecule has 2 N–H and O–H groups in total. The highest BCUT2D eigenvalue weighted by Crippen LogP contribution is 2.41. The van der Waals surface area contributed by atoms with Crippen LogP contribution in [0, 0.1) is 0 Å². The Morgan fingerprint density at radius 1 is 1.38 bits per heavy atom. The third kappa shape index (κ3) is 1.94. The highest BCUT2D eigenvalue weighted by Gasteiger charge is 2.26. The first-order valence-electron chi connectivity index (χ1n) is 4.13. The summed E-state index contributed by atoms with van der Waals surface area (Å²) in [6.07, 6.45) is 0. The number of hydrogen-bond donors (Lipinski definition) is 2. The van der Waals surface area contributed by atoms with Crippen molar-refractivity contribution in [1.82, 2.24) is 0 Å². The maximum absolute atomic E-state index is 10.7. The molecule has 16 heavy (non-hydrogen) atoms. The second-order valence-electron chi connectivity index (χ2n) is 3.10. The molecule has 1 aliphatic rings. The van der Waals surface area contributed by atoms with E-state index in [1.165, 1.54) is 12.1 Å². The summed E-state index contributed by atoms with van der Waals surface area (Å²) in [7, 11) is -4.59. The van der Waals surface area contributed by atoms with Gasteiger partial charge in [-0.25, -0.2) is 0 Å². The van der Waals surface area contributed by atoms with Crippen LogP contribution in [0.25, 0.3) is 0 Å². The van der Waals surface area contributed by atoms with Gasteiger partial charge in [-0.15, -0.1) is 0 Å². The van der Waals surface area contributed by atoms with E-state index in [1.54, 1.807) is 0 Å². The monoisotopic (exact) mass is 266 g/mol. The van der Waals surface area contributed by atoms with E-state index in [4.69, 9.17) is 25.6 Å². The zero-order valence-electron chi connectivity index (χ0n) is 7.75. The minimum absolute atomic E-state index is 0.0273. The average Bonchev–Trinajstić information content (AvgIpc) is 2.63. The fourth-order valence-electron chi connectivity index (χ4n) is 1.30. The molecule has 88 valence electrons. The zero-order valence-corrected chi connectivity index (χ0v) is 9.33. The fourth-order valence-corrected chi connectivity index (χ4v) is 2.06. The standard InChI is InChI=1S/C8H7ClO6S/c9-5-1-4(8(10)16(11,12)13)2-6-7(5)15-3-14-6/h1-2,8,10H,3H2,(H,11,12,13). The van der Waals surface area contributed by atoms with Gasteiger partial charge in [0.05, 0.1) is 5.02 Å². The van der Waals surface area contributed by atoms with Crippen LogP contribution < -0.4 is 9.47 Å². The lowest BCUT2D eigenvalue weighted by Gasteiger charge is -2.09. The van der Waals surface area contributed by atoms with Crippen molar-refractivity contribution in [1.29, 1.82) is 0 Å². The predicted octanol–water partition coefficient (Wildman–Crippen LogP) is 0.947. The molecule has 1 aromatic rings. The van der Waals surface area contributed by atoms with E-state index < -0.39 is 15.6 Å². The molecule has 8 heteroatoms. The van der Waals surface area contributed by atoms with Crippen molar-refractivity contribution in [3.8, 4) is 11.5 Å². The number of hydrogen-bond acceptors (Lipinski definition) is 5. The molecule has 0 fully saturated rings. The normalized spacial score (nSPS) is 16.2.